The number of carbonyl (C=O) groups excluding carboxylic acids is 1. The van der Waals surface area contributed by atoms with Gasteiger partial charge < -0.3 is 15.1 Å². The van der Waals surface area contributed by atoms with E-state index in [1.807, 2.05) is 4.90 Å². The topological polar surface area (TPSA) is 61.4 Å². The van der Waals surface area contributed by atoms with Crippen LogP contribution in [-0.2, 0) is 6.18 Å². The Kier molecular flexibility index (Phi) is 6.17. The van der Waals surface area contributed by atoms with Gasteiger partial charge in [-0.15, -0.1) is 0 Å². The smallest absolute Gasteiger partial charge is 0.353 e. The zero-order valence-electron chi connectivity index (χ0n) is 17.7. The highest BCUT2D eigenvalue weighted by molar-refractivity contribution is 5.89. The second-order valence-corrected chi connectivity index (χ2v) is 7.68. The molecule has 0 bridgehead atoms. The minimum absolute atomic E-state index is 0.315. The largest absolute Gasteiger partial charge is 0.416 e. The maximum Gasteiger partial charge on any atom is 0.416 e. The molecule has 2 amide bonds. The lowest BCUT2D eigenvalue weighted by atomic mass is 10.1. The number of anilines is 2. The summed E-state index contributed by atoms with van der Waals surface area (Å²) in [4.78, 5) is 25.0. The average Bonchev–Trinajstić information content (AvgIpc) is 2.78. The van der Waals surface area contributed by atoms with E-state index in [0.717, 1.165) is 12.1 Å². The SMILES string of the molecule is Cc1cc(N2CCN(C(=O)Nc3cccc(F)c3)CC2)nc(-c2ccc(C(F)(F)F)cc2)n1. The second-order valence-electron chi connectivity index (χ2n) is 7.68. The van der Waals surface area contributed by atoms with E-state index in [1.165, 1.54) is 30.3 Å². The van der Waals surface area contributed by atoms with Crippen LogP contribution in [0.1, 0.15) is 11.3 Å². The molecule has 1 aliphatic heterocycles. The Labute approximate surface area is 187 Å². The number of aromatic nitrogens is 2. The number of rotatable bonds is 3. The van der Waals surface area contributed by atoms with E-state index in [4.69, 9.17) is 0 Å². The summed E-state index contributed by atoms with van der Waals surface area (Å²) in [6.07, 6.45) is -4.40. The van der Waals surface area contributed by atoms with E-state index in [-0.39, 0.29) is 6.03 Å². The Morgan fingerprint density at radius 3 is 2.30 bits per heavy atom. The number of benzene rings is 2. The first-order chi connectivity index (χ1) is 15.7. The molecule has 0 saturated carbocycles. The van der Waals surface area contributed by atoms with Crippen molar-refractivity contribution in [2.45, 2.75) is 13.1 Å². The highest BCUT2D eigenvalue weighted by Gasteiger charge is 2.30. The summed E-state index contributed by atoms with van der Waals surface area (Å²) in [6.45, 7) is 3.68. The molecule has 0 aliphatic carbocycles. The fourth-order valence-corrected chi connectivity index (χ4v) is 3.56. The van der Waals surface area contributed by atoms with Gasteiger partial charge in [0.25, 0.3) is 0 Å². The number of hydrogen-bond acceptors (Lipinski definition) is 4. The lowest BCUT2D eigenvalue weighted by molar-refractivity contribution is -0.137. The molecule has 0 atom stereocenters. The van der Waals surface area contributed by atoms with Crippen LogP contribution in [0, 0.1) is 12.7 Å². The summed E-state index contributed by atoms with van der Waals surface area (Å²) in [5.74, 6) is 0.549. The molecule has 6 nitrogen and oxygen atoms in total. The Balaban J connectivity index is 1.43. The van der Waals surface area contributed by atoms with Gasteiger partial charge in [0.15, 0.2) is 5.82 Å². The minimum Gasteiger partial charge on any atom is -0.353 e. The maximum atomic E-state index is 13.3. The van der Waals surface area contributed by atoms with E-state index in [1.54, 1.807) is 24.0 Å². The third kappa shape index (κ3) is 5.39. The maximum absolute atomic E-state index is 13.3. The third-order valence-corrected chi connectivity index (χ3v) is 5.28. The summed E-state index contributed by atoms with van der Waals surface area (Å²) in [6, 6.07) is 11.9. The molecule has 0 unspecified atom stereocenters. The monoisotopic (exact) mass is 459 g/mol. The molecule has 1 saturated heterocycles. The number of nitrogens with zero attached hydrogens (tertiary/aromatic N) is 4. The number of alkyl halides is 3. The van der Waals surface area contributed by atoms with Crippen molar-refractivity contribution in [3.05, 3.63) is 71.7 Å². The van der Waals surface area contributed by atoms with Crippen molar-refractivity contribution in [3.63, 3.8) is 0 Å². The number of aryl methyl sites for hydroxylation is 1. The molecule has 4 rings (SSSR count). The predicted molar refractivity (Wildman–Crippen MR) is 116 cm³/mol. The van der Waals surface area contributed by atoms with Crippen LogP contribution in [-0.4, -0.2) is 47.1 Å². The van der Waals surface area contributed by atoms with Crippen LogP contribution < -0.4 is 10.2 Å². The van der Waals surface area contributed by atoms with Crippen LogP contribution in [0.5, 0.6) is 0 Å². The van der Waals surface area contributed by atoms with Gasteiger partial charge in [-0.25, -0.2) is 19.2 Å². The first kappa shape index (κ1) is 22.5. The highest BCUT2D eigenvalue weighted by atomic mass is 19.4. The van der Waals surface area contributed by atoms with E-state index in [2.05, 4.69) is 15.3 Å². The number of urea groups is 1. The lowest BCUT2D eigenvalue weighted by Gasteiger charge is -2.35. The highest BCUT2D eigenvalue weighted by Crippen LogP contribution is 2.30. The molecule has 3 aromatic rings. The van der Waals surface area contributed by atoms with E-state index >= 15 is 0 Å². The van der Waals surface area contributed by atoms with Gasteiger partial charge in [0.2, 0.25) is 0 Å². The fraction of sp³-hybridized carbons (Fsp3) is 0.261. The standard InChI is InChI=1S/C23H21F4N5O/c1-15-13-20(30-21(28-15)16-5-7-17(8-6-16)23(25,26)27)31-9-11-32(12-10-31)22(33)29-19-4-2-3-18(24)14-19/h2-8,13-14H,9-12H2,1H3,(H,29,33). The van der Waals surface area contributed by atoms with Crippen molar-refractivity contribution in [1.82, 2.24) is 14.9 Å². The molecule has 2 heterocycles. The summed E-state index contributed by atoms with van der Waals surface area (Å²) in [7, 11) is 0. The van der Waals surface area contributed by atoms with Crippen LogP contribution in [0.25, 0.3) is 11.4 Å². The molecule has 172 valence electrons. The minimum atomic E-state index is -4.40. The quantitative estimate of drug-likeness (QED) is 0.563. The van der Waals surface area contributed by atoms with Crippen LogP contribution in [0.3, 0.4) is 0 Å². The van der Waals surface area contributed by atoms with Gasteiger partial charge in [-0.2, -0.15) is 13.2 Å². The van der Waals surface area contributed by atoms with Gasteiger partial charge in [0.1, 0.15) is 11.6 Å². The molecular weight excluding hydrogens is 438 g/mol. The zero-order valence-corrected chi connectivity index (χ0v) is 17.7. The van der Waals surface area contributed by atoms with Gasteiger partial charge in [-0.1, -0.05) is 18.2 Å². The van der Waals surface area contributed by atoms with Gasteiger partial charge >= 0.3 is 12.2 Å². The van der Waals surface area contributed by atoms with Gasteiger partial charge in [0.05, 0.1) is 5.56 Å². The van der Waals surface area contributed by atoms with Gasteiger partial charge in [-0.3, -0.25) is 0 Å². The van der Waals surface area contributed by atoms with Gasteiger partial charge in [0, 0.05) is 49.2 Å². The van der Waals surface area contributed by atoms with E-state index in [0.29, 0.717) is 54.8 Å². The van der Waals surface area contributed by atoms with E-state index < -0.39 is 17.6 Å². The number of piperazine rings is 1. The third-order valence-electron chi connectivity index (χ3n) is 5.28. The molecule has 1 aromatic heterocycles. The summed E-state index contributed by atoms with van der Waals surface area (Å²) < 4.78 is 51.8. The van der Waals surface area contributed by atoms with Gasteiger partial charge in [-0.05, 0) is 37.3 Å². The Morgan fingerprint density at radius 1 is 0.970 bits per heavy atom. The molecule has 1 aliphatic rings. The predicted octanol–water partition coefficient (Wildman–Crippen LogP) is 4.96. The summed E-state index contributed by atoms with van der Waals surface area (Å²) in [5.41, 5.74) is 0.823. The van der Waals surface area contributed by atoms with Crippen molar-refractivity contribution < 1.29 is 22.4 Å². The number of carbonyl (C=O) groups is 1. The Morgan fingerprint density at radius 2 is 1.67 bits per heavy atom. The first-order valence-electron chi connectivity index (χ1n) is 10.3. The summed E-state index contributed by atoms with van der Waals surface area (Å²) >= 11 is 0. The zero-order chi connectivity index (χ0) is 23.6. The van der Waals surface area contributed by atoms with Crippen molar-refractivity contribution in [3.8, 4) is 11.4 Å². The molecule has 1 fully saturated rings. The summed E-state index contributed by atoms with van der Waals surface area (Å²) in [5, 5.41) is 2.68. The number of amides is 2. The fourth-order valence-electron chi connectivity index (χ4n) is 3.56. The first-order valence-corrected chi connectivity index (χ1v) is 10.3. The molecule has 10 heteroatoms. The molecule has 0 spiro atoms. The number of nitrogens with one attached hydrogen (secondary N) is 1. The van der Waals surface area contributed by atoms with Crippen LogP contribution in [0.2, 0.25) is 0 Å². The molecule has 1 N–H and O–H groups in total. The molecule has 33 heavy (non-hydrogen) atoms. The molecule has 0 radical (unpaired) electrons. The number of halogens is 4. The molecular formula is C23H21F4N5O. The normalized spacial score (nSPS) is 14.3. The second kappa shape index (κ2) is 9.05. The van der Waals surface area contributed by atoms with Crippen molar-refractivity contribution in [2.75, 3.05) is 36.4 Å². The van der Waals surface area contributed by atoms with Crippen LogP contribution in [0.15, 0.2) is 54.6 Å². The van der Waals surface area contributed by atoms with Crippen molar-refractivity contribution >= 4 is 17.5 Å². The Hall–Kier alpha value is -3.69. The van der Waals surface area contributed by atoms with Crippen molar-refractivity contribution in [1.29, 1.82) is 0 Å². The average molecular weight is 459 g/mol. The lowest BCUT2D eigenvalue weighted by Crippen LogP contribution is -2.50. The number of hydrogen-bond donors (Lipinski definition) is 1. The van der Waals surface area contributed by atoms with E-state index in [9.17, 15) is 22.4 Å². The molecule has 2 aromatic carbocycles. The van der Waals surface area contributed by atoms with Crippen molar-refractivity contribution in [2.24, 2.45) is 0 Å². The Bertz CT molecular complexity index is 1140. The van der Waals surface area contributed by atoms with Crippen LogP contribution in [0.4, 0.5) is 33.9 Å². The van der Waals surface area contributed by atoms with Crippen LogP contribution >= 0.6 is 0 Å².